The Morgan fingerprint density at radius 2 is 2.08 bits per heavy atom. The Morgan fingerprint density at radius 3 is 2.76 bits per heavy atom. The summed E-state index contributed by atoms with van der Waals surface area (Å²) in [6, 6.07) is 0. The van der Waals surface area contributed by atoms with Crippen LogP contribution in [0.15, 0.2) is 12.5 Å². The van der Waals surface area contributed by atoms with Gasteiger partial charge in [-0.2, -0.15) is 13.2 Å². The van der Waals surface area contributed by atoms with E-state index in [9.17, 15) is 17.6 Å². The van der Waals surface area contributed by atoms with Crippen LogP contribution < -0.4 is 4.90 Å². The van der Waals surface area contributed by atoms with E-state index in [2.05, 4.69) is 15.0 Å². The molecule has 1 aliphatic rings. The average Bonchev–Trinajstić information content (AvgIpc) is 2.98. The van der Waals surface area contributed by atoms with Crippen molar-refractivity contribution in [2.75, 3.05) is 18.5 Å². The van der Waals surface area contributed by atoms with Crippen molar-refractivity contribution in [3.05, 3.63) is 35.6 Å². The molecule has 1 atom stereocenters. The highest BCUT2D eigenvalue weighted by Crippen LogP contribution is 2.31. The molecule has 9 heteroatoms. The molecule has 2 aromatic heterocycles. The third-order valence-electron chi connectivity index (χ3n) is 4.45. The predicted octanol–water partition coefficient (Wildman–Crippen LogP) is 3.09. The number of halogens is 4. The molecule has 0 amide bonds. The van der Waals surface area contributed by atoms with E-state index >= 15 is 0 Å². The first-order chi connectivity index (χ1) is 11.8. The maximum Gasteiger partial charge on any atom is 0.434 e. The third kappa shape index (κ3) is 3.59. The van der Waals surface area contributed by atoms with E-state index in [0.29, 0.717) is 43.9 Å². The van der Waals surface area contributed by atoms with Crippen LogP contribution in [0.4, 0.5) is 23.4 Å². The van der Waals surface area contributed by atoms with Crippen molar-refractivity contribution < 1.29 is 17.6 Å². The molecule has 3 heterocycles. The van der Waals surface area contributed by atoms with Crippen molar-refractivity contribution in [1.82, 2.24) is 19.5 Å². The molecule has 0 saturated carbocycles. The van der Waals surface area contributed by atoms with Crippen molar-refractivity contribution in [3.8, 4) is 0 Å². The van der Waals surface area contributed by atoms with Gasteiger partial charge in [0.05, 0.1) is 5.69 Å². The highest BCUT2D eigenvalue weighted by atomic mass is 19.4. The van der Waals surface area contributed by atoms with Crippen molar-refractivity contribution in [3.63, 3.8) is 0 Å². The summed E-state index contributed by atoms with van der Waals surface area (Å²) in [4.78, 5) is 13.3. The molecule has 0 aliphatic carbocycles. The van der Waals surface area contributed by atoms with Gasteiger partial charge < -0.3 is 9.47 Å². The standard InChI is InChI=1S/C16H19F4N5/c1-3-11-14(17)15(22-9-21-11)24(2)6-10-4-5-13-23-12(16(18,19)20)8-25(13)7-10/h8-10H,3-7H2,1-2H3/t10-/m1/s1. The van der Waals surface area contributed by atoms with E-state index in [1.165, 1.54) is 6.33 Å². The fraction of sp³-hybridized carbons (Fsp3) is 0.562. The van der Waals surface area contributed by atoms with E-state index in [4.69, 9.17) is 0 Å². The van der Waals surface area contributed by atoms with Gasteiger partial charge in [-0.3, -0.25) is 0 Å². The molecule has 2 aromatic rings. The first-order valence-corrected chi connectivity index (χ1v) is 8.13. The summed E-state index contributed by atoms with van der Waals surface area (Å²) in [5.41, 5.74) is -0.502. The summed E-state index contributed by atoms with van der Waals surface area (Å²) >= 11 is 0. The topological polar surface area (TPSA) is 46.8 Å². The highest BCUT2D eigenvalue weighted by Gasteiger charge is 2.36. The van der Waals surface area contributed by atoms with Crippen LogP contribution >= 0.6 is 0 Å². The second-order valence-electron chi connectivity index (χ2n) is 6.29. The van der Waals surface area contributed by atoms with Crippen LogP contribution in [-0.2, 0) is 25.6 Å². The summed E-state index contributed by atoms with van der Waals surface area (Å²) < 4.78 is 54.2. The zero-order valence-electron chi connectivity index (χ0n) is 14.0. The molecular formula is C16H19F4N5. The minimum atomic E-state index is -4.43. The molecule has 0 spiro atoms. The van der Waals surface area contributed by atoms with Gasteiger partial charge in [0, 0.05) is 32.8 Å². The van der Waals surface area contributed by atoms with E-state index < -0.39 is 17.7 Å². The molecule has 0 saturated heterocycles. The summed E-state index contributed by atoms with van der Waals surface area (Å²) in [5, 5.41) is 0. The first-order valence-electron chi connectivity index (χ1n) is 8.13. The fourth-order valence-electron chi connectivity index (χ4n) is 3.18. The minimum Gasteiger partial charge on any atom is -0.357 e. The highest BCUT2D eigenvalue weighted by molar-refractivity contribution is 5.40. The SMILES string of the molecule is CCc1ncnc(N(C)C[C@H]2CCc3nc(C(F)(F)F)cn3C2)c1F. The smallest absolute Gasteiger partial charge is 0.357 e. The number of anilines is 1. The Morgan fingerprint density at radius 1 is 1.32 bits per heavy atom. The molecule has 1 aliphatic heterocycles. The van der Waals surface area contributed by atoms with Gasteiger partial charge in [-0.1, -0.05) is 6.92 Å². The zero-order chi connectivity index (χ0) is 18.2. The molecule has 25 heavy (non-hydrogen) atoms. The monoisotopic (exact) mass is 357 g/mol. The van der Waals surface area contributed by atoms with E-state index in [-0.39, 0.29) is 11.7 Å². The number of nitrogens with zero attached hydrogens (tertiary/aromatic N) is 5. The number of fused-ring (bicyclic) bond motifs is 1. The quantitative estimate of drug-likeness (QED) is 0.789. The molecule has 136 valence electrons. The van der Waals surface area contributed by atoms with Crippen LogP contribution in [-0.4, -0.2) is 33.1 Å². The third-order valence-corrected chi connectivity index (χ3v) is 4.45. The summed E-state index contributed by atoms with van der Waals surface area (Å²) in [6.07, 6.45) is -0.401. The molecular weight excluding hydrogens is 338 g/mol. The average molecular weight is 357 g/mol. The Kier molecular flexibility index (Phi) is 4.66. The number of aromatic nitrogens is 4. The zero-order valence-corrected chi connectivity index (χ0v) is 14.0. The van der Waals surface area contributed by atoms with E-state index in [0.717, 1.165) is 6.20 Å². The van der Waals surface area contributed by atoms with Crippen LogP contribution in [0.1, 0.15) is 30.6 Å². The number of imidazole rings is 1. The van der Waals surface area contributed by atoms with Gasteiger partial charge in [0.25, 0.3) is 0 Å². The molecule has 5 nitrogen and oxygen atoms in total. The van der Waals surface area contributed by atoms with Crippen LogP contribution in [0.3, 0.4) is 0 Å². The molecule has 0 unspecified atom stereocenters. The summed E-state index contributed by atoms with van der Waals surface area (Å²) in [6.45, 7) is 2.74. The fourth-order valence-corrected chi connectivity index (χ4v) is 3.18. The van der Waals surface area contributed by atoms with Gasteiger partial charge in [-0.05, 0) is 18.8 Å². The predicted molar refractivity (Wildman–Crippen MR) is 83.7 cm³/mol. The van der Waals surface area contributed by atoms with Crippen LogP contribution in [0.25, 0.3) is 0 Å². The molecule has 0 radical (unpaired) electrons. The summed E-state index contributed by atoms with van der Waals surface area (Å²) in [7, 11) is 1.73. The number of rotatable bonds is 4. The van der Waals surface area contributed by atoms with Crippen LogP contribution in [0.5, 0.6) is 0 Å². The molecule has 0 bridgehead atoms. The maximum absolute atomic E-state index is 14.3. The minimum absolute atomic E-state index is 0.0900. The van der Waals surface area contributed by atoms with Gasteiger partial charge >= 0.3 is 6.18 Å². The van der Waals surface area contributed by atoms with E-state index in [1.807, 2.05) is 6.92 Å². The van der Waals surface area contributed by atoms with Gasteiger partial charge in [0.15, 0.2) is 17.3 Å². The number of hydrogen-bond donors (Lipinski definition) is 0. The van der Waals surface area contributed by atoms with Crippen LogP contribution in [0, 0.1) is 11.7 Å². The van der Waals surface area contributed by atoms with Gasteiger partial charge in [0.1, 0.15) is 12.2 Å². The lowest BCUT2D eigenvalue weighted by atomic mass is 9.99. The lowest BCUT2D eigenvalue weighted by molar-refractivity contribution is -0.141. The Bertz CT molecular complexity index is 755. The second-order valence-corrected chi connectivity index (χ2v) is 6.29. The number of alkyl halides is 3. The lowest BCUT2D eigenvalue weighted by Crippen LogP contribution is -2.32. The van der Waals surface area contributed by atoms with Gasteiger partial charge in [-0.25, -0.2) is 19.3 Å². The van der Waals surface area contributed by atoms with Gasteiger partial charge in [0.2, 0.25) is 0 Å². The van der Waals surface area contributed by atoms with Crippen molar-refractivity contribution in [2.24, 2.45) is 5.92 Å². The lowest BCUT2D eigenvalue weighted by Gasteiger charge is -2.29. The Balaban J connectivity index is 1.72. The van der Waals surface area contributed by atoms with Crippen molar-refractivity contribution in [1.29, 1.82) is 0 Å². The normalized spacial score (nSPS) is 17.4. The maximum atomic E-state index is 14.3. The summed E-state index contributed by atoms with van der Waals surface area (Å²) in [5.74, 6) is 0.324. The van der Waals surface area contributed by atoms with E-state index in [1.54, 1.807) is 16.5 Å². The molecule has 0 fully saturated rings. The largest absolute Gasteiger partial charge is 0.434 e. The second kappa shape index (κ2) is 6.61. The Hall–Kier alpha value is -2.19. The number of aryl methyl sites for hydroxylation is 2. The van der Waals surface area contributed by atoms with Gasteiger partial charge in [-0.15, -0.1) is 0 Å². The first kappa shape index (κ1) is 17.6. The molecule has 0 aromatic carbocycles. The molecule has 3 rings (SSSR count). The number of hydrogen-bond acceptors (Lipinski definition) is 4. The van der Waals surface area contributed by atoms with Crippen molar-refractivity contribution >= 4 is 5.82 Å². The van der Waals surface area contributed by atoms with Crippen molar-refractivity contribution in [2.45, 2.75) is 38.9 Å². The van der Waals surface area contributed by atoms with Crippen LogP contribution in [0.2, 0.25) is 0 Å². The molecule has 0 N–H and O–H groups in total. The Labute approximate surface area is 142 Å².